The molecule has 3 N–H and O–H groups in total. The number of anilines is 2. The first-order valence-electron chi connectivity index (χ1n) is 7.17. The summed E-state index contributed by atoms with van der Waals surface area (Å²) in [6, 6.07) is 13.1. The average molecular weight is 389 g/mol. The fraction of sp³-hybridized carbons (Fsp3) is 0.0556. The molecular weight excluding hydrogens is 375 g/mol. The van der Waals surface area contributed by atoms with E-state index in [-0.39, 0.29) is 11.4 Å². The number of carbonyl (C=O) groups excluding carboxylic acids is 1. The highest BCUT2D eigenvalue weighted by molar-refractivity contribution is 9.10. The lowest BCUT2D eigenvalue weighted by Crippen LogP contribution is -2.11. The molecule has 1 aromatic heterocycles. The van der Waals surface area contributed by atoms with E-state index < -0.39 is 11.7 Å². The number of nitrogens with two attached hydrogens (primary N) is 1. The number of nitrogen functional groups attached to an aromatic ring is 1. The van der Waals surface area contributed by atoms with Crippen molar-refractivity contribution in [3.05, 3.63) is 70.1 Å². The summed E-state index contributed by atoms with van der Waals surface area (Å²) in [7, 11) is 0. The van der Waals surface area contributed by atoms with Crippen molar-refractivity contribution in [3.63, 3.8) is 0 Å². The van der Waals surface area contributed by atoms with Gasteiger partial charge >= 0.3 is 0 Å². The fourth-order valence-electron chi connectivity index (χ4n) is 2.23. The third kappa shape index (κ3) is 3.33. The Hall–Kier alpha value is -2.60. The summed E-state index contributed by atoms with van der Waals surface area (Å²) in [5, 5.41) is 2.62. The van der Waals surface area contributed by atoms with Crippen LogP contribution in [0.4, 0.5) is 15.8 Å². The molecule has 0 radical (unpaired) electrons. The third-order valence-electron chi connectivity index (χ3n) is 3.53. The van der Waals surface area contributed by atoms with Crippen molar-refractivity contribution in [2.75, 3.05) is 11.1 Å². The zero-order chi connectivity index (χ0) is 17.3. The molecule has 24 heavy (non-hydrogen) atoms. The van der Waals surface area contributed by atoms with E-state index in [4.69, 9.17) is 10.2 Å². The van der Waals surface area contributed by atoms with Crippen molar-refractivity contribution in [1.82, 2.24) is 0 Å². The van der Waals surface area contributed by atoms with Gasteiger partial charge in [-0.2, -0.15) is 0 Å². The van der Waals surface area contributed by atoms with E-state index in [0.29, 0.717) is 11.4 Å². The molecule has 4 nitrogen and oxygen atoms in total. The first kappa shape index (κ1) is 16.3. The Balaban J connectivity index is 1.80. The standard InChI is InChI=1S/C18H14BrFN2O2/c1-10-8-11(2-4-13(10)19)16-6-7-17(24-16)18(23)22-12-3-5-14(20)15(21)9-12/h2-9H,21H2,1H3,(H,22,23). The van der Waals surface area contributed by atoms with E-state index in [9.17, 15) is 9.18 Å². The Kier molecular flexibility index (Phi) is 4.40. The minimum absolute atomic E-state index is 0.0294. The largest absolute Gasteiger partial charge is 0.451 e. The molecular formula is C18H14BrFN2O2. The maximum absolute atomic E-state index is 13.2. The second kappa shape index (κ2) is 6.49. The van der Waals surface area contributed by atoms with E-state index in [2.05, 4.69) is 21.2 Å². The van der Waals surface area contributed by atoms with Crippen LogP contribution in [0.25, 0.3) is 11.3 Å². The molecule has 1 heterocycles. The van der Waals surface area contributed by atoms with Gasteiger partial charge in [-0.1, -0.05) is 22.0 Å². The van der Waals surface area contributed by atoms with Crippen LogP contribution in [0.3, 0.4) is 0 Å². The number of carbonyl (C=O) groups is 1. The van der Waals surface area contributed by atoms with Gasteiger partial charge in [0.15, 0.2) is 5.76 Å². The lowest BCUT2D eigenvalue weighted by atomic mass is 10.1. The van der Waals surface area contributed by atoms with Gasteiger partial charge in [0.1, 0.15) is 11.6 Å². The molecule has 6 heteroatoms. The Labute approximate surface area is 146 Å². The predicted octanol–water partition coefficient (Wildman–Crippen LogP) is 4.99. The Bertz CT molecular complexity index is 921. The molecule has 0 bridgehead atoms. The van der Waals surface area contributed by atoms with E-state index in [1.165, 1.54) is 18.2 Å². The highest BCUT2D eigenvalue weighted by Gasteiger charge is 2.13. The van der Waals surface area contributed by atoms with Crippen LogP contribution in [0.5, 0.6) is 0 Å². The number of nitrogens with one attached hydrogen (secondary N) is 1. The number of aryl methyl sites for hydroxylation is 1. The van der Waals surface area contributed by atoms with Gasteiger partial charge in [-0.3, -0.25) is 4.79 Å². The van der Waals surface area contributed by atoms with Gasteiger partial charge in [0.2, 0.25) is 0 Å². The van der Waals surface area contributed by atoms with Gasteiger partial charge in [0.05, 0.1) is 5.69 Å². The number of benzene rings is 2. The lowest BCUT2D eigenvalue weighted by Gasteiger charge is -2.05. The summed E-state index contributed by atoms with van der Waals surface area (Å²) < 4.78 is 19.8. The quantitative estimate of drug-likeness (QED) is 0.620. The summed E-state index contributed by atoms with van der Waals surface area (Å²) in [5.41, 5.74) is 7.80. The third-order valence-corrected chi connectivity index (χ3v) is 4.42. The Morgan fingerprint density at radius 3 is 2.67 bits per heavy atom. The molecule has 2 aromatic carbocycles. The second-order valence-electron chi connectivity index (χ2n) is 5.32. The van der Waals surface area contributed by atoms with Crippen LogP contribution < -0.4 is 11.1 Å². The van der Waals surface area contributed by atoms with Crippen molar-refractivity contribution >= 4 is 33.2 Å². The number of amides is 1. The number of hydrogen-bond donors (Lipinski definition) is 2. The number of furan rings is 1. The normalized spacial score (nSPS) is 10.6. The van der Waals surface area contributed by atoms with Crippen LogP contribution in [0.1, 0.15) is 16.1 Å². The maximum Gasteiger partial charge on any atom is 0.291 e. The zero-order valence-electron chi connectivity index (χ0n) is 12.8. The van der Waals surface area contributed by atoms with Gasteiger partial charge in [-0.05, 0) is 55.0 Å². The molecule has 0 unspecified atom stereocenters. The monoisotopic (exact) mass is 388 g/mol. The maximum atomic E-state index is 13.2. The number of halogens is 2. The fourth-order valence-corrected chi connectivity index (χ4v) is 2.47. The van der Waals surface area contributed by atoms with Crippen LogP contribution in [-0.2, 0) is 0 Å². The van der Waals surface area contributed by atoms with Crippen molar-refractivity contribution in [2.24, 2.45) is 0 Å². The SMILES string of the molecule is Cc1cc(-c2ccc(C(=O)Nc3ccc(F)c(N)c3)o2)ccc1Br. The summed E-state index contributed by atoms with van der Waals surface area (Å²) in [6.45, 7) is 1.98. The summed E-state index contributed by atoms with van der Waals surface area (Å²) in [4.78, 5) is 12.2. The predicted molar refractivity (Wildman–Crippen MR) is 95.3 cm³/mol. The van der Waals surface area contributed by atoms with Crippen LogP contribution in [0, 0.1) is 12.7 Å². The molecule has 3 aromatic rings. The van der Waals surface area contributed by atoms with Crippen LogP contribution >= 0.6 is 15.9 Å². The van der Waals surface area contributed by atoms with Crippen LogP contribution in [0.15, 0.2) is 57.4 Å². The molecule has 0 aliphatic heterocycles. The van der Waals surface area contributed by atoms with Gasteiger partial charge in [0, 0.05) is 15.7 Å². The van der Waals surface area contributed by atoms with Crippen molar-refractivity contribution in [2.45, 2.75) is 6.92 Å². The van der Waals surface area contributed by atoms with Gasteiger partial charge in [-0.15, -0.1) is 0 Å². The summed E-state index contributed by atoms with van der Waals surface area (Å²) in [5.74, 6) is -0.206. The Morgan fingerprint density at radius 1 is 1.17 bits per heavy atom. The van der Waals surface area contributed by atoms with E-state index in [1.807, 2.05) is 25.1 Å². The minimum Gasteiger partial charge on any atom is -0.451 e. The number of hydrogen-bond acceptors (Lipinski definition) is 3. The first-order valence-corrected chi connectivity index (χ1v) is 7.96. The molecule has 0 atom stereocenters. The van der Waals surface area contributed by atoms with Gasteiger partial charge in [0.25, 0.3) is 5.91 Å². The summed E-state index contributed by atoms with van der Waals surface area (Å²) >= 11 is 3.45. The highest BCUT2D eigenvalue weighted by atomic mass is 79.9. The summed E-state index contributed by atoms with van der Waals surface area (Å²) in [6.07, 6.45) is 0. The van der Waals surface area contributed by atoms with Crippen molar-refractivity contribution in [3.8, 4) is 11.3 Å². The van der Waals surface area contributed by atoms with Gasteiger partial charge < -0.3 is 15.5 Å². The Morgan fingerprint density at radius 2 is 1.96 bits per heavy atom. The molecule has 0 saturated heterocycles. The van der Waals surface area contributed by atoms with E-state index in [0.717, 1.165) is 15.6 Å². The molecule has 0 spiro atoms. The van der Waals surface area contributed by atoms with Crippen molar-refractivity contribution in [1.29, 1.82) is 0 Å². The van der Waals surface area contributed by atoms with Gasteiger partial charge in [-0.25, -0.2) is 4.39 Å². The lowest BCUT2D eigenvalue weighted by molar-refractivity contribution is 0.0997. The highest BCUT2D eigenvalue weighted by Crippen LogP contribution is 2.27. The smallest absolute Gasteiger partial charge is 0.291 e. The molecule has 0 aliphatic carbocycles. The molecule has 1 amide bonds. The van der Waals surface area contributed by atoms with Crippen LogP contribution in [0.2, 0.25) is 0 Å². The zero-order valence-corrected chi connectivity index (χ0v) is 14.4. The number of rotatable bonds is 3. The molecule has 0 aliphatic rings. The molecule has 0 saturated carbocycles. The van der Waals surface area contributed by atoms with E-state index >= 15 is 0 Å². The molecule has 0 fully saturated rings. The van der Waals surface area contributed by atoms with Crippen molar-refractivity contribution < 1.29 is 13.6 Å². The topological polar surface area (TPSA) is 68.3 Å². The average Bonchev–Trinajstić information content (AvgIpc) is 3.04. The molecule has 3 rings (SSSR count). The molecule has 122 valence electrons. The van der Waals surface area contributed by atoms with E-state index in [1.54, 1.807) is 12.1 Å². The first-order chi connectivity index (χ1) is 11.4. The van der Waals surface area contributed by atoms with Crippen LogP contribution in [-0.4, -0.2) is 5.91 Å². The minimum atomic E-state index is -0.529. The second-order valence-corrected chi connectivity index (χ2v) is 6.17.